The van der Waals surface area contributed by atoms with Gasteiger partial charge in [0.15, 0.2) is 0 Å². The van der Waals surface area contributed by atoms with E-state index >= 15 is 0 Å². The van der Waals surface area contributed by atoms with Gasteiger partial charge in [-0.25, -0.2) is 0 Å². The van der Waals surface area contributed by atoms with Crippen molar-refractivity contribution in [2.45, 2.75) is 32.2 Å². The van der Waals surface area contributed by atoms with Gasteiger partial charge in [-0.1, -0.05) is 13.3 Å². The van der Waals surface area contributed by atoms with Crippen LogP contribution < -0.4 is 5.32 Å². The summed E-state index contributed by atoms with van der Waals surface area (Å²) in [6.45, 7) is 2.45. The highest BCUT2D eigenvalue weighted by atomic mass is 16.3. The summed E-state index contributed by atoms with van der Waals surface area (Å²) < 4.78 is 0. The van der Waals surface area contributed by atoms with Crippen molar-refractivity contribution in [3.63, 3.8) is 0 Å². The average molecular weight is 131 g/mol. The molecule has 56 valence electrons. The molecule has 0 heterocycles. The summed E-state index contributed by atoms with van der Waals surface area (Å²) in [7, 11) is 1.94. The molecule has 0 saturated carbocycles. The van der Waals surface area contributed by atoms with Gasteiger partial charge in [0.05, 0.1) is 0 Å². The van der Waals surface area contributed by atoms with Crippen molar-refractivity contribution in [3.8, 4) is 0 Å². The van der Waals surface area contributed by atoms with Gasteiger partial charge >= 0.3 is 0 Å². The van der Waals surface area contributed by atoms with Crippen LogP contribution in [0.5, 0.6) is 0 Å². The number of hydrogen-bond donors (Lipinski definition) is 2. The smallest absolute Gasteiger partial charge is 0.0445 e. The second-order valence-electron chi connectivity index (χ2n) is 2.29. The van der Waals surface area contributed by atoms with Gasteiger partial charge in [0, 0.05) is 12.6 Å². The van der Waals surface area contributed by atoms with Crippen LogP contribution in [0, 0.1) is 0 Å². The average Bonchev–Trinajstić information content (AvgIpc) is 1.88. The zero-order valence-electron chi connectivity index (χ0n) is 6.35. The molecule has 0 aromatic heterocycles. The van der Waals surface area contributed by atoms with Crippen molar-refractivity contribution in [1.29, 1.82) is 0 Å². The van der Waals surface area contributed by atoms with Gasteiger partial charge < -0.3 is 10.4 Å². The third kappa shape index (κ3) is 4.43. The Balaban J connectivity index is 3.18. The largest absolute Gasteiger partial charge is 0.396 e. The minimum Gasteiger partial charge on any atom is -0.396 e. The molecule has 0 fully saturated rings. The van der Waals surface area contributed by atoms with E-state index in [1.54, 1.807) is 0 Å². The van der Waals surface area contributed by atoms with Crippen LogP contribution in [0.15, 0.2) is 0 Å². The predicted octanol–water partition coefficient (Wildman–Crippen LogP) is 0.757. The lowest BCUT2D eigenvalue weighted by Crippen LogP contribution is -2.25. The highest BCUT2D eigenvalue weighted by Gasteiger charge is 2.01. The van der Waals surface area contributed by atoms with Crippen molar-refractivity contribution >= 4 is 0 Å². The van der Waals surface area contributed by atoms with Gasteiger partial charge in [0.25, 0.3) is 0 Å². The van der Waals surface area contributed by atoms with Crippen LogP contribution in [-0.2, 0) is 0 Å². The van der Waals surface area contributed by atoms with E-state index in [1.165, 1.54) is 6.42 Å². The number of hydrogen-bond acceptors (Lipinski definition) is 2. The maximum atomic E-state index is 8.55. The number of aliphatic hydroxyl groups excluding tert-OH is 1. The molecule has 0 amide bonds. The van der Waals surface area contributed by atoms with Gasteiger partial charge in [0.1, 0.15) is 0 Å². The predicted molar refractivity (Wildman–Crippen MR) is 39.5 cm³/mol. The Bertz CT molecular complexity index is 50.9. The molecule has 0 saturated heterocycles. The minimum absolute atomic E-state index is 0.297. The van der Waals surface area contributed by atoms with Gasteiger partial charge in [-0.3, -0.25) is 0 Å². The summed E-state index contributed by atoms with van der Waals surface area (Å²) in [4.78, 5) is 0. The van der Waals surface area contributed by atoms with Gasteiger partial charge in [-0.2, -0.15) is 0 Å². The van der Waals surface area contributed by atoms with Crippen LogP contribution >= 0.6 is 0 Å². The molecule has 9 heavy (non-hydrogen) atoms. The summed E-state index contributed by atoms with van der Waals surface area (Å²) in [5, 5.41) is 11.7. The van der Waals surface area contributed by atoms with Gasteiger partial charge in [0.2, 0.25) is 0 Å². The first-order valence-corrected chi connectivity index (χ1v) is 3.63. The lowest BCUT2D eigenvalue weighted by atomic mass is 10.1. The van der Waals surface area contributed by atoms with Crippen LogP contribution in [0.3, 0.4) is 0 Å². The molecule has 0 bridgehead atoms. The zero-order valence-corrected chi connectivity index (χ0v) is 6.35. The lowest BCUT2D eigenvalue weighted by Gasteiger charge is -2.12. The molecular weight excluding hydrogens is 114 g/mol. The van der Waals surface area contributed by atoms with Gasteiger partial charge in [-0.15, -0.1) is 0 Å². The van der Waals surface area contributed by atoms with E-state index in [0.29, 0.717) is 12.6 Å². The second-order valence-corrected chi connectivity index (χ2v) is 2.29. The highest BCUT2D eigenvalue weighted by Crippen LogP contribution is 1.98. The summed E-state index contributed by atoms with van der Waals surface area (Å²) in [5.41, 5.74) is 0. The number of nitrogens with one attached hydrogen (secondary N) is 1. The molecule has 2 heteroatoms. The second kappa shape index (κ2) is 6.05. The highest BCUT2D eigenvalue weighted by molar-refractivity contribution is 4.61. The molecular formula is C7H17NO. The van der Waals surface area contributed by atoms with Crippen molar-refractivity contribution in [1.82, 2.24) is 5.32 Å². The Labute approximate surface area is 57.3 Å². The first kappa shape index (κ1) is 8.92. The molecule has 0 aromatic rings. The Hall–Kier alpha value is -0.0800. The standard InChI is InChI=1S/C7H17NO/c1-3-4-7(8-2)5-6-9/h7-9H,3-6H2,1-2H3. The lowest BCUT2D eigenvalue weighted by molar-refractivity contribution is 0.264. The molecule has 0 aromatic carbocycles. The fourth-order valence-electron chi connectivity index (χ4n) is 0.937. The number of aliphatic hydroxyl groups is 1. The minimum atomic E-state index is 0.297. The fourth-order valence-corrected chi connectivity index (χ4v) is 0.937. The normalized spacial score (nSPS) is 13.7. The molecule has 0 aliphatic carbocycles. The summed E-state index contributed by atoms with van der Waals surface area (Å²) in [5.74, 6) is 0. The van der Waals surface area contributed by atoms with E-state index in [4.69, 9.17) is 5.11 Å². The van der Waals surface area contributed by atoms with Crippen LogP contribution in [0.25, 0.3) is 0 Å². The summed E-state index contributed by atoms with van der Waals surface area (Å²) >= 11 is 0. The fraction of sp³-hybridized carbons (Fsp3) is 1.00. The maximum absolute atomic E-state index is 8.55. The van der Waals surface area contributed by atoms with E-state index < -0.39 is 0 Å². The van der Waals surface area contributed by atoms with E-state index in [2.05, 4.69) is 12.2 Å². The first-order chi connectivity index (χ1) is 4.35. The topological polar surface area (TPSA) is 32.3 Å². The van der Waals surface area contributed by atoms with Gasteiger partial charge in [-0.05, 0) is 19.9 Å². The number of rotatable bonds is 5. The van der Waals surface area contributed by atoms with Crippen molar-refractivity contribution < 1.29 is 5.11 Å². The molecule has 2 nitrogen and oxygen atoms in total. The van der Waals surface area contributed by atoms with Crippen LogP contribution in [0.2, 0.25) is 0 Å². The Morgan fingerprint density at radius 1 is 1.44 bits per heavy atom. The zero-order chi connectivity index (χ0) is 7.11. The van der Waals surface area contributed by atoms with E-state index in [0.717, 1.165) is 12.8 Å². The quantitative estimate of drug-likeness (QED) is 0.577. The SMILES string of the molecule is CCCC(CCO)NC. The van der Waals surface area contributed by atoms with Crippen LogP contribution in [-0.4, -0.2) is 24.8 Å². The van der Waals surface area contributed by atoms with E-state index in [1.807, 2.05) is 7.05 Å². The summed E-state index contributed by atoms with van der Waals surface area (Å²) in [6, 6.07) is 0.514. The third-order valence-electron chi connectivity index (χ3n) is 1.52. The maximum Gasteiger partial charge on any atom is 0.0445 e. The molecule has 1 unspecified atom stereocenters. The van der Waals surface area contributed by atoms with Crippen molar-refractivity contribution in [2.24, 2.45) is 0 Å². The van der Waals surface area contributed by atoms with E-state index in [9.17, 15) is 0 Å². The molecule has 0 spiro atoms. The van der Waals surface area contributed by atoms with E-state index in [-0.39, 0.29) is 0 Å². The van der Waals surface area contributed by atoms with Crippen molar-refractivity contribution in [2.75, 3.05) is 13.7 Å². The Morgan fingerprint density at radius 3 is 2.44 bits per heavy atom. The van der Waals surface area contributed by atoms with Crippen LogP contribution in [0.4, 0.5) is 0 Å². The molecule has 2 N–H and O–H groups in total. The summed E-state index contributed by atoms with van der Waals surface area (Å²) in [6.07, 6.45) is 3.23. The Morgan fingerprint density at radius 2 is 2.11 bits per heavy atom. The Kier molecular flexibility index (Phi) is 5.99. The first-order valence-electron chi connectivity index (χ1n) is 3.63. The monoisotopic (exact) mass is 131 g/mol. The molecule has 0 aliphatic rings. The molecule has 0 radical (unpaired) electrons. The van der Waals surface area contributed by atoms with Crippen LogP contribution in [0.1, 0.15) is 26.2 Å². The third-order valence-corrected chi connectivity index (χ3v) is 1.52. The molecule has 0 rings (SSSR count). The van der Waals surface area contributed by atoms with Crippen molar-refractivity contribution in [3.05, 3.63) is 0 Å². The molecule has 1 atom stereocenters. The molecule has 0 aliphatic heterocycles.